The van der Waals surface area contributed by atoms with Crippen LogP contribution in [0.15, 0.2) is 48.5 Å². The molecule has 1 aliphatic heterocycles. The van der Waals surface area contributed by atoms with Crippen molar-refractivity contribution >= 4 is 17.7 Å². The maximum absolute atomic E-state index is 13.2. The number of carbonyl (C=O) groups is 3. The molecule has 0 fully saturated rings. The zero-order valence-electron chi connectivity index (χ0n) is 14.4. The molecule has 0 saturated carbocycles. The van der Waals surface area contributed by atoms with E-state index in [4.69, 9.17) is 0 Å². The van der Waals surface area contributed by atoms with Gasteiger partial charge in [-0.1, -0.05) is 24.3 Å². The molecule has 1 heterocycles. The van der Waals surface area contributed by atoms with Crippen LogP contribution in [0.25, 0.3) is 0 Å². The molecular formula is C20H19FN2O3. The summed E-state index contributed by atoms with van der Waals surface area (Å²) >= 11 is 0. The second-order valence-electron chi connectivity index (χ2n) is 6.29. The highest BCUT2D eigenvalue weighted by atomic mass is 19.1. The minimum absolute atomic E-state index is 0.120. The number of fused-ring (bicyclic) bond motifs is 1. The molecule has 0 spiro atoms. The molecule has 0 aliphatic carbocycles. The zero-order valence-corrected chi connectivity index (χ0v) is 14.4. The third-order valence-corrected chi connectivity index (χ3v) is 4.39. The van der Waals surface area contributed by atoms with Crippen molar-refractivity contribution in [3.8, 4) is 0 Å². The Kier molecular flexibility index (Phi) is 5.11. The summed E-state index contributed by atoms with van der Waals surface area (Å²) in [7, 11) is 1.65. The van der Waals surface area contributed by atoms with Gasteiger partial charge in [-0.3, -0.25) is 19.3 Å². The summed E-state index contributed by atoms with van der Waals surface area (Å²) in [5.41, 5.74) is 1.53. The monoisotopic (exact) mass is 354 g/mol. The van der Waals surface area contributed by atoms with E-state index >= 15 is 0 Å². The van der Waals surface area contributed by atoms with Gasteiger partial charge in [0.25, 0.3) is 11.8 Å². The fraction of sp³-hybridized carbons (Fsp3) is 0.250. The number of imide groups is 1. The SMILES string of the molecule is CN(Cc1cccc(F)c1)C(=O)CCCN1C(=O)c2ccccc2C1=O. The Morgan fingerprint density at radius 2 is 1.69 bits per heavy atom. The molecule has 3 amide bonds. The summed E-state index contributed by atoms with van der Waals surface area (Å²) in [4.78, 5) is 39.5. The molecule has 0 radical (unpaired) electrons. The summed E-state index contributed by atoms with van der Waals surface area (Å²) < 4.78 is 13.2. The Labute approximate surface area is 151 Å². The molecule has 1 aliphatic rings. The van der Waals surface area contributed by atoms with Gasteiger partial charge < -0.3 is 4.90 Å². The van der Waals surface area contributed by atoms with Gasteiger partial charge in [0.05, 0.1) is 11.1 Å². The molecule has 0 atom stereocenters. The molecular weight excluding hydrogens is 335 g/mol. The molecule has 0 bridgehead atoms. The van der Waals surface area contributed by atoms with Crippen molar-refractivity contribution in [1.82, 2.24) is 9.80 Å². The predicted octanol–water partition coefficient (Wildman–Crippen LogP) is 2.86. The van der Waals surface area contributed by atoms with E-state index in [9.17, 15) is 18.8 Å². The summed E-state index contributed by atoms with van der Waals surface area (Å²) in [6, 6.07) is 12.8. The number of rotatable bonds is 6. The largest absolute Gasteiger partial charge is 0.341 e. The number of carbonyl (C=O) groups excluding carboxylic acids is 3. The highest BCUT2D eigenvalue weighted by molar-refractivity contribution is 6.21. The Morgan fingerprint density at radius 3 is 2.31 bits per heavy atom. The number of halogens is 1. The summed E-state index contributed by atoms with van der Waals surface area (Å²) in [6.07, 6.45) is 0.594. The molecule has 0 N–H and O–H groups in total. The zero-order chi connectivity index (χ0) is 18.7. The van der Waals surface area contributed by atoms with Crippen molar-refractivity contribution < 1.29 is 18.8 Å². The maximum Gasteiger partial charge on any atom is 0.261 e. The van der Waals surface area contributed by atoms with Gasteiger partial charge in [-0.2, -0.15) is 0 Å². The van der Waals surface area contributed by atoms with E-state index in [1.54, 1.807) is 43.4 Å². The van der Waals surface area contributed by atoms with Crippen molar-refractivity contribution in [3.63, 3.8) is 0 Å². The minimum Gasteiger partial charge on any atom is -0.341 e. The standard InChI is InChI=1S/C20H19FN2O3/c1-22(13-14-6-4-7-15(21)12-14)18(24)10-5-11-23-19(25)16-8-2-3-9-17(16)20(23)26/h2-4,6-9,12H,5,10-11,13H2,1H3. The minimum atomic E-state index is -0.339. The molecule has 6 heteroatoms. The Balaban J connectivity index is 1.51. The van der Waals surface area contributed by atoms with E-state index in [1.807, 2.05) is 0 Å². The number of hydrogen-bond donors (Lipinski definition) is 0. The quantitative estimate of drug-likeness (QED) is 0.750. The Morgan fingerprint density at radius 1 is 1.04 bits per heavy atom. The lowest BCUT2D eigenvalue weighted by Crippen LogP contribution is -2.32. The molecule has 0 aromatic heterocycles. The van der Waals surface area contributed by atoms with Gasteiger partial charge in [0.2, 0.25) is 5.91 Å². The van der Waals surface area contributed by atoms with Gasteiger partial charge in [0, 0.05) is 26.6 Å². The molecule has 3 rings (SSSR count). The van der Waals surface area contributed by atoms with Crippen molar-refractivity contribution in [2.24, 2.45) is 0 Å². The normalized spacial score (nSPS) is 13.1. The Bertz CT molecular complexity index is 831. The van der Waals surface area contributed by atoms with Crippen LogP contribution in [0.1, 0.15) is 39.1 Å². The van der Waals surface area contributed by atoms with Gasteiger partial charge in [-0.25, -0.2) is 4.39 Å². The van der Waals surface area contributed by atoms with Crippen molar-refractivity contribution in [2.45, 2.75) is 19.4 Å². The average Bonchev–Trinajstić information content (AvgIpc) is 2.87. The molecule has 134 valence electrons. The van der Waals surface area contributed by atoms with E-state index in [0.717, 1.165) is 0 Å². The van der Waals surface area contributed by atoms with E-state index in [0.29, 0.717) is 29.7 Å². The smallest absolute Gasteiger partial charge is 0.261 e. The van der Waals surface area contributed by atoms with Crippen molar-refractivity contribution in [1.29, 1.82) is 0 Å². The van der Waals surface area contributed by atoms with E-state index in [-0.39, 0.29) is 36.5 Å². The molecule has 2 aromatic rings. The van der Waals surface area contributed by atoms with Crippen LogP contribution in [0.5, 0.6) is 0 Å². The van der Waals surface area contributed by atoms with Crippen LogP contribution in [-0.4, -0.2) is 41.1 Å². The van der Waals surface area contributed by atoms with E-state index < -0.39 is 0 Å². The lowest BCUT2D eigenvalue weighted by atomic mass is 10.1. The number of nitrogens with zero attached hydrogens (tertiary/aromatic N) is 2. The van der Waals surface area contributed by atoms with Crippen LogP contribution < -0.4 is 0 Å². The first-order valence-electron chi connectivity index (χ1n) is 8.41. The van der Waals surface area contributed by atoms with Gasteiger partial charge in [-0.05, 0) is 36.2 Å². The average molecular weight is 354 g/mol. The number of amides is 3. The van der Waals surface area contributed by atoms with Crippen molar-refractivity contribution in [2.75, 3.05) is 13.6 Å². The van der Waals surface area contributed by atoms with Crippen molar-refractivity contribution in [3.05, 3.63) is 71.0 Å². The van der Waals surface area contributed by atoms with E-state index in [1.165, 1.54) is 21.9 Å². The van der Waals surface area contributed by atoms with Crippen LogP contribution in [0, 0.1) is 5.82 Å². The maximum atomic E-state index is 13.2. The first-order valence-corrected chi connectivity index (χ1v) is 8.41. The lowest BCUT2D eigenvalue weighted by molar-refractivity contribution is -0.130. The molecule has 5 nitrogen and oxygen atoms in total. The lowest BCUT2D eigenvalue weighted by Gasteiger charge is -2.18. The number of benzene rings is 2. The first kappa shape index (κ1) is 17.8. The third kappa shape index (κ3) is 3.64. The van der Waals surface area contributed by atoms with Gasteiger partial charge >= 0.3 is 0 Å². The van der Waals surface area contributed by atoms with Gasteiger partial charge in [0.1, 0.15) is 5.82 Å². The summed E-state index contributed by atoms with van der Waals surface area (Å²) in [5, 5.41) is 0. The summed E-state index contributed by atoms with van der Waals surface area (Å²) in [6.45, 7) is 0.509. The number of hydrogen-bond acceptors (Lipinski definition) is 3. The molecule has 0 saturated heterocycles. The second-order valence-corrected chi connectivity index (χ2v) is 6.29. The second kappa shape index (κ2) is 7.47. The first-order chi connectivity index (χ1) is 12.5. The van der Waals surface area contributed by atoms with Crippen LogP contribution in [0.2, 0.25) is 0 Å². The van der Waals surface area contributed by atoms with Crippen LogP contribution in [0.4, 0.5) is 4.39 Å². The fourth-order valence-electron chi connectivity index (χ4n) is 3.02. The van der Waals surface area contributed by atoms with E-state index in [2.05, 4.69) is 0 Å². The van der Waals surface area contributed by atoms with Gasteiger partial charge in [0.15, 0.2) is 0 Å². The predicted molar refractivity (Wildman–Crippen MR) is 93.9 cm³/mol. The van der Waals surface area contributed by atoms with Gasteiger partial charge in [-0.15, -0.1) is 0 Å². The van der Waals surface area contributed by atoms with Crippen LogP contribution >= 0.6 is 0 Å². The highest BCUT2D eigenvalue weighted by Crippen LogP contribution is 2.22. The van der Waals surface area contributed by atoms with Crippen LogP contribution in [0.3, 0.4) is 0 Å². The highest BCUT2D eigenvalue weighted by Gasteiger charge is 2.34. The molecule has 2 aromatic carbocycles. The Hall–Kier alpha value is -3.02. The molecule has 0 unspecified atom stereocenters. The third-order valence-electron chi connectivity index (χ3n) is 4.39. The fourth-order valence-corrected chi connectivity index (χ4v) is 3.02. The molecule has 26 heavy (non-hydrogen) atoms. The van der Waals surface area contributed by atoms with Crippen LogP contribution in [-0.2, 0) is 11.3 Å². The topological polar surface area (TPSA) is 57.7 Å². The summed E-state index contributed by atoms with van der Waals surface area (Å²) in [5.74, 6) is -1.09.